The van der Waals surface area contributed by atoms with Crippen molar-refractivity contribution >= 4 is 23.1 Å². The lowest BCUT2D eigenvalue weighted by atomic mass is 10.3. The van der Waals surface area contributed by atoms with Gasteiger partial charge in [0.05, 0.1) is 0 Å². The molecule has 4 rings (SSSR count). The lowest BCUT2D eigenvalue weighted by Gasteiger charge is -2.09. The average Bonchev–Trinajstić information content (AvgIpc) is 3.34. The number of rotatable bonds is 5. The summed E-state index contributed by atoms with van der Waals surface area (Å²) in [6.45, 7) is 0. The van der Waals surface area contributed by atoms with Crippen LogP contribution in [0.4, 0.5) is 0 Å². The number of aromatic nitrogens is 5. The standard InChI is InChI=1S/C18H12N6S2/c19-12-13-8-9-17(22-20-13)26-18-23-21-16(11-15-7-4-10-25-15)24(18)14-5-2-1-3-6-14/h1-10H,11H2. The minimum atomic E-state index is 0.289. The maximum Gasteiger partial charge on any atom is 0.202 e. The molecule has 0 fully saturated rings. The fourth-order valence-corrected chi connectivity index (χ4v) is 3.90. The minimum Gasteiger partial charge on any atom is -0.273 e. The van der Waals surface area contributed by atoms with Crippen LogP contribution in [-0.4, -0.2) is 25.0 Å². The van der Waals surface area contributed by atoms with Gasteiger partial charge in [0.1, 0.15) is 16.9 Å². The highest BCUT2D eigenvalue weighted by Crippen LogP contribution is 2.28. The van der Waals surface area contributed by atoms with E-state index in [1.54, 1.807) is 23.5 Å². The van der Waals surface area contributed by atoms with Crippen molar-refractivity contribution in [2.45, 2.75) is 16.6 Å². The van der Waals surface area contributed by atoms with Gasteiger partial charge in [-0.3, -0.25) is 4.57 Å². The Balaban J connectivity index is 1.71. The van der Waals surface area contributed by atoms with E-state index in [0.717, 1.165) is 11.5 Å². The van der Waals surface area contributed by atoms with Gasteiger partial charge >= 0.3 is 0 Å². The molecule has 0 amide bonds. The Morgan fingerprint density at radius 1 is 0.962 bits per heavy atom. The van der Waals surface area contributed by atoms with E-state index in [1.807, 2.05) is 47.0 Å². The predicted octanol–water partition coefficient (Wildman–Crippen LogP) is 3.73. The third-order valence-corrected chi connectivity index (χ3v) is 5.33. The summed E-state index contributed by atoms with van der Waals surface area (Å²) in [7, 11) is 0. The molecule has 8 heteroatoms. The fourth-order valence-electron chi connectivity index (χ4n) is 2.41. The normalized spacial score (nSPS) is 10.6. The molecule has 0 saturated carbocycles. The third-order valence-electron chi connectivity index (χ3n) is 3.58. The summed E-state index contributed by atoms with van der Waals surface area (Å²) >= 11 is 3.07. The molecule has 3 aromatic heterocycles. The van der Waals surface area contributed by atoms with Gasteiger partial charge < -0.3 is 0 Å². The van der Waals surface area contributed by atoms with Crippen molar-refractivity contribution in [1.29, 1.82) is 5.26 Å². The summed E-state index contributed by atoms with van der Waals surface area (Å²) in [4.78, 5) is 1.23. The van der Waals surface area contributed by atoms with Crippen LogP contribution in [0.5, 0.6) is 0 Å². The molecule has 4 aromatic rings. The molecule has 0 spiro atoms. The SMILES string of the molecule is N#Cc1ccc(Sc2nnc(Cc3cccs3)n2-c2ccccc2)nn1. The second kappa shape index (κ2) is 7.47. The highest BCUT2D eigenvalue weighted by molar-refractivity contribution is 7.99. The molecule has 0 bridgehead atoms. The molecular formula is C18H12N6S2. The Bertz CT molecular complexity index is 1030. The second-order valence-electron chi connectivity index (χ2n) is 5.30. The number of nitriles is 1. The van der Waals surface area contributed by atoms with Crippen LogP contribution in [0.15, 0.2) is 70.2 Å². The Morgan fingerprint density at radius 3 is 2.54 bits per heavy atom. The maximum atomic E-state index is 8.85. The van der Waals surface area contributed by atoms with Crippen LogP contribution < -0.4 is 0 Å². The van der Waals surface area contributed by atoms with Crippen LogP contribution in [0.3, 0.4) is 0 Å². The number of hydrogen-bond donors (Lipinski definition) is 0. The maximum absolute atomic E-state index is 8.85. The molecule has 0 radical (unpaired) electrons. The summed E-state index contributed by atoms with van der Waals surface area (Å²) in [6.07, 6.45) is 0.708. The zero-order valence-electron chi connectivity index (χ0n) is 13.5. The number of para-hydroxylation sites is 1. The number of hydrogen-bond acceptors (Lipinski definition) is 7. The van der Waals surface area contributed by atoms with Gasteiger partial charge in [-0.25, -0.2) is 0 Å². The lowest BCUT2D eigenvalue weighted by molar-refractivity contribution is 0.843. The van der Waals surface area contributed by atoms with Gasteiger partial charge in [0.25, 0.3) is 0 Å². The van der Waals surface area contributed by atoms with Crippen molar-refractivity contribution in [3.05, 3.63) is 76.4 Å². The second-order valence-corrected chi connectivity index (χ2v) is 7.32. The van der Waals surface area contributed by atoms with Crippen LogP contribution in [0.1, 0.15) is 16.4 Å². The Labute approximate surface area is 158 Å². The molecule has 1 aromatic carbocycles. The van der Waals surface area contributed by atoms with Crippen molar-refractivity contribution in [1.82, 2.24) is 25.0 Å². The largest absolute Gasteiger partial charge is 0.273 e. The van der Waals surface area contributed by atoms with Crippen molar-refractivity contribution in [3.8, 4) is 11.8 Å². The molecule has 6 nitrogen and oxygen atoms in total. The van der Waals surface area contributed by atoms with Crippen molar-refractivity contribution in [3.63, 3.8) is 0 Å². The van der Waals surface area contributed by atoms with Gasteiger partial charge in [0, 0.05) is 17.0 Å². The zero-order chi connectivity index (χ0) is 17.8. The Hall–Kier alpha value is -3.02. The lowest BCUT2D eigenvalue weighted by Crippen LogP contribution is -2.03. The van der Waals surface area contributed by atoms with Gasteiger partial charge in [-0.1, -0.05) is 24.3 Å². The third kappa shape index (κ3) is 3.49. The molecule has 0 aliphatic rings. The Kier molecular flexibility index (Phi) is 4.73. The topological polar surface area (TPSA) is 80.3 Å². The zero-order valence-corrected chi connectivity index (χ0v) is 15.1. The summed E-state index contributed by atoms with van der Waals surface area (Å²) in [5.41, 5.74) is 1.28. The first kappa shape index (κ1) is 16.4. The van der Waals surface area contributed by atoms with E-state index in [2.05, 4.69) is 31.8 Å². The molecular weight excluding hydrogens is 364 g/mol. The first-order valence-electron chi connectivity index (χ1n) is 7.77. The van der Waals surface area contributed by atoms with E-state index < -0.39 is 0 Å². The van der Waals surface area contributed by atoms with E-state index in [0.29, 0.717) is 16.6 Å². The monoisotopic (exact) mass is 376 g/mol. The predicted molar refractivity (Wildman–Crippen MR) is 99.4 cm³/mol. The van der Waals surface area contributed by atoms with Gasteiger partial charge in [-0.2, -0.15) is 5.26 Å². The van der Waals surface area contributed by atoms with Gasteiger partial charge in [-0.15, -0.1) is 31.7 Å². The molecule has 26 heavy (non-hydrogen) atoms. The van der Waals surface area contributed by atoms with E-state index in [9.17, 15) is 0 Å². The summed E-state index contributed by atoms with van der Waals surface area (Å²) < 4.78 is 2.03. The smallest absolute Gasteiger partial charge is 0.202 e. The van der Waals surface area contributed by atoms with Crippen LogP contribution in [-0.2, 0) is 6.42 Å². The molecule has 0 saturated heterocycles. The highest BCUT2D eigenvalue weighted by atomic mass is 32.2. The molecule has 0 atom stereocenters. The minimum absolute atomic E-state index is 0.289. The highest BCUT2D eigenvalue weighted by Gasteiger charge is 2.16. The van der Waals surface area contributed by atoms with Gasteiger partial charge in [0.15, 0.2) is 5.69 Å². The number of nitrogens with zero attached hydrogens (tertiary/aromatic N) is 6. The summed E-state index contributed by atoms with van der Waals surface area (Å²) in [6, 6.07) is 19.5. The van der Waals surface area contributed by atoms with Crippen molar-refractivity contribution in [2.75, 3.05) is 0 Å². The van der Waals surface area contributed by atoms with E-state index >= 15 is 0 Å². The first-order chi connectivity index (χ1) is 12.8. The number of thiophene rings is 1. The molecule has 0 unspecified atom stereocenters. The van der Waals surface area contributed by atoms with Crippen molar-refractivity contribution in [2.24, 2.45) is 0 Å². The van der Waals surface area contributed by atoms with E-state index in [4.69, 9.17) is 5.26 Å². The van der Waals surface area contributed by atoms with Crippen LogP contribution >= 0.6 is 23.1 Å². The molecule has 3 heterocycles. The molecule has 0 aliphatic carbocycles. The van der Waals surface area contributed by atoms with Crippen LogP contribution in [0.2, 0.25) is 0 Å². The summed E-state index contributed by atoms with van der Waals surface area (Å²) in [5, 5.41) is 29.0. The van der Waals surface area contributed by atoms with E-state index in [1.165, 1.54) is 16.6 Å². The number of benzene rings is 1. The van der Waals surface area contributed by atoms with Gasteiger partial charge in [-0.05, 0) is 47.5 Å². The fraction of sp³-hybridized carbons (Fsp3) is 0.0556. The van der Waals surface area contributed by atoms with Gasteiger partial charge in [0.2, 0.25) is 5.16 Å². The van der Waals surface area contributed by atoms with Crippen LogP contribution in [0, 0.1) is 11.3 Å². The van der Waals surface area contributed by atoms with Crippen molar-refractivity contribution < 1.29 is 0 Å². The quantitative estimate of drug-likeness (QED) is 0.528. The first-order valence-corrected chi connectivity index (χ1v) is 9.47. The average molecular weight is 376 g/mol. The molecule has 126 valence electrons. The van der Waals surface area contributed by atoms with Crippen LogP contribution in [0.25, 0.3) is 5.69 Å². The van der Waals surface area contributed by atoms with E-state index in [-0.39, 0.29) is 5.69 Å². The summed E-state index contributed by atoms with van der Waals surface area (Å²) in [5.74, 6) is 0.864. The molecule has 0 N–H and O–H groups in total. The Morgan fingerprint density at radius 2 is 1.85 bits per heavy atom. The molecule has 0 aliphatic heterocycles.